The molecule has 0 heterocycles. The minimum absolute atomic E-state index is 0.207. The van der Waals surface area contributed by atoms with Gasteiger partial charge in [0, 0.05) is 5.92 Å². The summed E-state index contributed by atoms with van der Waals surface area (Å²) in [5.74, 6) is 2.96. The summed E-state index contributed by atoms with van der Waals surface area (Å²) in [6.07, 6.45) is 21.3. The molecular formula is C42H80O2Si2. The number of fused-ring (bicyclic) bond motifs is 1. The van der Waals surface area contributed by atoms with Crippen molar-refractivity contribution in [3.05, 3.63) is 23.3 Å². The van der Waals surface area contributed by atoms with Gasteiger partial charge in [-0.15, -0.1) is 0 Å². The Morgan fingerprint density at radius 2 is 1.39 bits per heavy atom. The quantitative estimate of drug-likeness (QED) is 0.203. The Kier molecular flexibility index (Phi) is 13.1. The van der Waals surface area contributed by atoms with Crippen molar-refractivity contribution in [3.63, 3.8) is 0 Å². The normalized spacial score (nSPS) is 31.7. The molecule has 3 fully saturated rings. The van der Waals surface area contributed by atoms with Crippen LogP contribution in [0.4, 0.5) is 0 Å². The van der Waals surface area contributed by atoms with Gasteiger partial charge < -0.3 is 8.85 Å². The molecule has 4 heteroatoms. The molecule has 2 nitrogen and oxygen atoms in total. The zero-order chi connectivity index (χ0) is 34.9. The van der Waals surface area contributed by atoms with Crippen LogP contribution in [-0.2, 0) is 8.85 Å². The van der Waals surface area contributed by atoms with Crippen LogP contribution in [0.15, 0.2) is 23.3 Å². The molecule has 0 aromatic carbocycles. The third kappa shape index (κ3) is 9.75. The van der Waals surface area contributed by atoms with Gasteiger partial charge in [-0.3, -0.25) is 0 Å². The summed E-state index contributed by atoms with van der Waals surface area (Å²) in [5, 5.41) is 0.413. The van der Waals surface area contributed by atoms with E-state index in [1.807, 2.05) is 0 Å². The van der Waals surface area contributed by atoms with E-state index in [-0.39, 0.29) is 22.3 Å². The highest BCUT2D eigenvalue weighted by Crippen LogP contribution is 2.60. The lowest BCUT2D eigenvalue weighted by Crippen LogP contribution is -2.53. The van der Waals surface area contributed by atoms with Gasteiger partial charge in [-0.1, -0.05) is 126 Å². The van der Waals surface area contributed by atoms with Crippen LogP contribution in [0.1, 0.15) is 160 Å². The van der Waals surface area contributed by atoms with Crippen molar-refractivity contribution in [1.29, 1.82) is 0 Å². The van der Waals surface area contributed by atoms with Crippen LogP contribution in [0.2, 0.25) is 36.3 Å². The summed E-state index contributed by atoms with van der Waals surface area (Å²) in [4.78, 5) is 0. The van der Waals surface area contributed by atoms with Gasteiger partial charge >= 0.3 is 0 Å². The van der Waals surface area contributed by atoms with E-state index in [1.165, 1.54) is 64.2 Å². The van der Waals surface area contributed by atoms with Crippen LogP contribution in [0.3, 0.4) is 0 Å². The molecular weight excluding hydrogens is 593 g/mol. The third-order valence-electron chi connectivity index (χ3n) is 13.9. The van der Waals surface area contributed by atoms with E-state index in [0.717, 1.165) is 30.6 Å². The summed E-state index contributed by atoms with van der Waals surface area (Å²) >= 11 is 0. The summed E-state index contributed by atoms with van der Waals surface area (Å²) in [7, 11) is -3.85. The van der Waals surface area contributed by atoms with E-state index in [0.29, 0.717) is 16.7 Å². The fourth-order valence-electron chi connectivity index (χ4n) is 8.95. The smallest absolute Gasteiger partial charge is 0.192 e. The second-order valence-corrected chi connectivity index (χ2v) is 30.3. The molecule has 0 radical (unpaired) electrons. The van der Waals surface area contributed by atoms with E-state index >= 15 is 0 Å². The summed E-state index contributed by atoms with van der Waals surface area (Å²) in [5.41, 5.74) is 4.26. The molecule has 0 bridgehead atoms. The molecule has 0 amide bonds. The highest BCUT2D eigenvalue weighted by atomic mass is 28.4. The molecule has 0 saturated heterocycles. The highest BCUT2D eigenvalue weighted by molar-refractivity contribution is 6.74. The van der Waals surface area contributed by atoms with Crippen LogP contribution in [0.25, 0.3) is 0 Å². The third-order valence-corrected chi connectivity index (χ3v) is 22.9. The first-order chi connectivity index (χ1) is 20.9. The highest BCUT2D eigenvalue weighted by Gasteiger charge is 2.51. The van der Waals surface area contributed by atoms with E-state index in [9.17, 15) is 0 Å². The average molecular weight is 673 g/mol. The molecule has 6 atom stereocenters. The predicted molar refractivity (Wildman–Crippen MR) is 209 cm³/mol. The monoisotopic (exact) mass is 673 g/mol. The average Bonchev–Trinajstić information content (AvgIpc) is 3.24. The largest absolute Gasteiger partial charge is 0.413 e. The number of hydrogen-bond donors (Lipinski definition) is 0. The Morgan fingerprint density at radius 1 is 0.848 bits per heavy atom. The maximum absolute atomic E-state index is 7.35. The Morgan fingerprint density at radius 3 is 1.87 bits per heavy atom. The molecule has 0 spiro atoms. The topological polar surface area (TPSA) is 18.5 Å². The van der Waals surface area contributed by atoms with Gasteiger partial charge in [0.05, 0.1) is 12.2 Å². The second kappa shape index (κ2) is 15.0. The Hall–Kier alpha value is -0.166. The lowest BCUT2D eigenvalue weighted by Gasteiger charge is -2.49. The lowest BCUT2D eigenvalue weighted by atomic mass is 9.60. The van der Waals surface area contributed by atoms with Gasteiger partial charge in [0.2, 0.25) is 0 Å². The van der Waals surface area contributed by atoms with Crippen molar-refractivity contribution in [2.45, 2.75) is 209 Å². The summed E-state index contributed by atoms with van der Waals surface area (Å²) < 4.78 is 14.7. The molecule has 3 aliphatic carbocycles. The second-order valence-electron chi connectivity index (χ2n) is 20.8. The van der Waals surface area contributed by atoms with Gasteiger partial charge in [-0.25, -0.2) is 0 Å². The van der Waals surface area contributed by atoms with Gasteiger partial charge in [0.25, 0.3) is 0 Å². The maximum Gasteiger partial charge on any atom is 0.192 e. The zero-order valence-corrected chi connectivity index (χ0v) is 35.9. The number of hydrogen-bond acceptors (Lipinski definition) is 2. The predicted octanol–water partition coefficient (Wildman–Crippen LogP) is 13.9. The van der Waals surface area contributed by atoms with Crippen LogP contribution in [0, 0.1) is 34.5 Å². The molecule has 0 aromatic rings. The van der Waals surface area contributed by atoms with Gasteiger partial charge in [0.15, 0.2) is 16.6 Å². The fraction of sp³-hybridized carbons (Fsp3) is 0.905. The van der Waals surface area contributed by atoms with Crippen molar-refractivity contribution in [1.82, 2.24) is 0 Å². The molecule has 0 aliphatic heterocycles. The van der Waals surface area contributed by atoms with Crippen molar-refractivity contribution in [2.24, 2.45) is 34.5 Å². The minimum atomic E-state index is -1.93. The van der Waals surface area contributed by atoms with Gasteiger partial charge in [-0.2, -0.15) is 0 Å². The summed E-state index contributed by atoms with van der Waals surface area (Å²) in [6, 6.07) is 0. The van der Waals surface area contributed by atoms with E-state index in [1.54, 1.807) is 11.1 Å². The molecule has 268 valence electrons. The van der Waals surface area contributed by atoms with Crippen molar-refractivity contribution in [2.75, 3.05) is 0 Å². The minimum Gasteiger partial charge on any atom is -0.413 e. The van der Waals surface area contributed by atoms with Crippen LogP contribution >= 0.6 is 0 Å². The lowest BCUT2D eigenvalue weighted by molar-refractivity contribution is 0.00304. The number of allylic oxidation sites excluding steroid dienone is 3. The molecule has 1 unspecified atom stereocenters. The van der Waals surface area contributed by atoms with Gasteiger partial charge in [0.1, 0.15) is 0 Å². The van der Waals surface area contributed by atoms with E-state index < -0.39 is 16.6 Å². The Labute approximate surface area is 291 Å². The van der Waals surface area contributed by atoms with E-state index in [4.69, 9.17) is 8.85 Å². The Bertz CT molecular complexity index is 1010. The van der Waals surface area contributed by atoms with Gasteiger partial charge in [-0.05, 0) is 123 Å². The molecule has 3 rings (SSSR count). The molecule has 3 aliphatic rings. The van der Waals surface area contributed by atoms with E-state index in [2.05, 4.69) is 121 Å². The van der Waals surface area contributed by atoms with Crippen LogP contribution < -0.4 is 0 Å². The van der Waals surface area contributed by atoms with Crippen molar-refractivity contribution < 1.29 is 8.85 Å². The Balaban J connectivity index is 1.90. The first kappa shape index (κ1) is 40.3. The van der Waals surface area contributed by atoms with Crippen LogP contribution in [-0.4, -0.2) is 28.8 Å². The molecule has 0 aromatic heterocycles. The fourth-order valence-corrected chi connectivity index (χ4v) is 11.7. The molecule has 3 saturated carbocycles. The summed E-state index contributed by atoms with van der Waals surface area (Å²) in [6.45, 7) is 38.9. The van der Waals surface area contributed by atoms with Crippen molar-refractivity contribution in [3.8, 4) is 0 Å². The first-order valence-electron chi connectivity index (χ1n) is 19.7. The molecule has 0 N–H and O–H groups in total. The van der Waals surface area contributed by atoms with Crippen molar-refractivity contribution >= 4 is 16.6 Å². The zero-order valence-electron chi connectivity index (χ0n) is 33.9. The SMILES string of the molecule is CCCC1[C@H](O[Si](C)(C)C(C)(C)C)CC(=C/C=C2\CCC[C@@]3(C)C2CC[C@@H]3[C@H](C)CCCC(C)(C)C)C[C@H]1O[Si](C)(C)C(C)(C)C. The maximum atomic E-state index is 7.35. The number of rotatable bonds is 11. The standard InChI is InChI=1S/C42H80O2Si2/c1-17-20-34-37(43-45(13,14)40(6,7)8)29-32(30-38(34)44-46(15,16)41(9,10)11)23-24-33-22-19-28-42(12)35(25-26-36(33)42)31(2)21-18-27-39(3,4)5/h23-24,31,34-38H,17-22,25-30H2,1-16H3/b32-23?,33-24+/t31-,34?,35-,36?,37-,38-,42-/m1/s1. The van der Waals surface area contributed by atoms with Crippen LogP contribution in [0.5, 0.6) is 0 Å². The molecule has 46 heavy (non-hydrogen) atoms. The first-order valence-corrected chi connectivity index (χ1v) is 25.5.